The van der Waals surface area contributed by atoms with Crippen molar-refractivity contribution in [2.24, 2.45) is 17.6 Å². The minimum Gasteiger partial charge on any atom is -0.396 e. The van der Waals surface area contributed by atoms with E-state index in [-0.39, 0.29) is 18.4 Å². The number of aliphatic hydroxyl groups is 1. The summed E-state index contributed by atoms with van der Waals surface area (Å²) in [6.07, 6.45) is 4.82. The Morgan fingerprint density at radius 3 is 2.47 bits per heavy atom. The Morgan fingerprint density at radius 1 is 1.35 bits per heavy atom. The Morgan fingerprint density at radius 2 is 2.00 bits per heavy atom. The zero-order valence-electron chi connectivity index (χ0n) is 10.9. The zero-order valence-corrected chi connectivity index (χ0v) is 10.9. The highest BCUT2D eigenvalue weighted by molar-refractivity contribution is 5.78. The van der Waals surface area contributed by atoms with E-state index in [2.05, 4.69) is 0 Å². The molecule has 1 saturated carbocycles. The summed E-state index contributed by atoms with van der Waals surface area (Å²) < 4.78 is 0. The van der Waals surface area contributed by atoms with E-state index in [0.29, 0.717) is 18.9 Å². The quantitative estimate of drug-likeness (QED) is 0.729. The standard InChI is InChI=1S/C13H26N2O2/c1-2-15(8-3-9-16)13(17)12-6-4-11(10-14)5-7-12/h11-12,16H,2-10,14H2,1H3. The lowest BCUT2D eigenvalue weighted by Crippen LogP contribution is -2.39. The van der Waals surface area contributed by atoms with Gasteiger partial charge >= 0.3 is 0 Å². The summed E-state index contributed by atoms with van der Waals surface area (Å²) >= 11 is 0. The SMILES string of the molecule is CCN(CCCO)C(=O)C1CCC(CN)CC1. The molecule has 0 unspecified atom stereocenters. The van der Waals surface area contributed by atoms with Gasteiger partial charge < -0.3 is 15.7 Å². The van der Waals surface area contributed by atoms with Crippen molar-refractivity contribution < 1.29 is 9.90 Å². The largest absolute Gasteiger partial charge is 0.396 e. The molecule has 0 aliphatic heterocycles. The van der Waals surface area contributed by atoms with Crippen molar-refractivity contribution in [1.82, 2.24) is 4.90 Å². The lowest BCUT2D eigenvalue weighted by atomic mass is 9.81. The van der Waals surface area contributed by atoms with E-state index in [1.54, 1.807) is 0 Å². The second-order valence-corrected chi connectivity index (χ2v) is 4.95. The lowest BCUT2D eigenvalue weighted by Gasteiger charge is -2.31. The van der Waals surface area contributed by atoms with E-state index in [0.717, 1.165) is 38.8 Å². The maximum absolute atomic E-state index is 12.2. The third-order valence-corrected chi connectivity index (χ3v) is 3.81. The summed E-state index contributed by atoms with van der Waals surface area (Å²) in [5.41, 5.74) is 5.65. The van der Waals surface area contributed by atoms with E-state index in [1.807, 2.05) is 11.8 Å². The van der Waals surface area contributed by atoms with Crippen molar-refractivity contribution in [3.63, 3.8) is 0 Å². The number of rotatable bonds is 6. The molecule has 0 bridgehead atoms. The van der Waals surface area contributed by atoms with Crippen LogP contribution in [0.2, 0.25) is 0 Å². The van der Waals surface area contributed by atoms with E-state index in [9.17, 15) is 4.79 Å². The maximum atomic E-state index is 12.2. The average Bonchev–Trinajstić information content (AvgIpc) is 2.39. The summed E-state index contributed by atoms with van der Waals surface area (Å²) in [5, 5.41) is 8.82. The number of carbonyl (C=O) groups excluding carboxylic acids is 1. The van der Waals surface area contributed by atoms with Crippen molar-refractivity contribution >= 4 is 5.91 Å². The van der Waals surface area contributed by atoms with Gasteiger partial charge in [-0.2, -0.15) is 0 Å². The van der Waals surface area contributed by atoms with E-state index in [1.165, 1.54) is 0 Å². The molecule has 1 rings (SSSR count). The summed E-state index contributed by atoms with van der Waals surface area (Å²) in [6, 6.07) is 0. The number of aliphatic hydroxyl groups excluding tert-OH is 1. The molecule has 0 saturated heterocycles. The molecule has 0 atom stereocenters. The first-order valence-electron chi connectivity index (χ1n) is 6.82. The van der Waals surface area contributed by atoms with Crippen LogP contribution in [0.25, 0.3) is 0 Å². The third-order valence-electron chi connectivity index (χ3n) is 3.81. The fraction of sp³-hybridized carbons (Fsp3) is 0.923. The number of carbonyl (C=O) groups is 1. The van der Waals surface area contributed by atoms with Gasteiger partial charge in [-0.1, -0.05) is 0 Å². The van der Waals surface area contributed by atoms with Crippen LogP contribution >= 0.6 is 0 Å². The van der Waals surface area contributed by atoms with Crippen LogP contribution in [0.3, 0.4) is 0 Å². The molecule has 4 nitrogen and oxygen atoms in total. The van der Waals surface area contributed by atoms with Crippen LogP contribution in [0.5, 0.6) is 0 Å². The van der Waals surface area contributed by atoms with Crippen LogP contribution < -0.4 is 5.73 Å². The van der Waals surface area contributed by atoms with E-state index in [4.69, 9.17) is 10.8 Å². The minimum absolute atomic E-state index is 0.156. The Kier molecular flexibility index (Phi) is 6.52. The molecular formula is C13H26N2O2. The van der Waals surface area contributed by atoms with Gasteiger partial charge in [-0.15, -0.1) is 0 Å². The van der Waals surface area contributed by atoms with Gasteiger partial charge in [0.25, 0.3) is 0 Å². The molecule has 0 aromatic rings. The van der Waals surface area contributed by atoms with Crippen LogP contribution in [0, 0.1) is 11.8 Å². The van der Waals surface area contributed by atoms with Crippen LogP contribution in [-0.2, 0) is 4.79 Å². The van der Waals surface area contributed by atoms with Crippen LogP contribution in [-0.4, -0.2) is 42.2 Å². The van der Waals surface area contributed by atoms with Gasteiger partial charge in [0.15, 0.2) is 0 Å². The highest BCUT2D eigenvalue weighted by Crippen LogP contribution is 2.29. The van der Waals surface area contributed by atoms with Crippen molar-refractivity contribution in [2.75, 3.05) is 26.2 Å². The van der Waals surface area contributed by atoms with Gasteiger partial charge in [0.2, 0.25) is 5.91 Å². The molecule has 0 radical (unpaired) electrons. The third kappa shape index (κ3) is 4.28. The highest BCUT2D eigenvalue weighted by atomic mass is 16.3. The number of hydrogen-bond donors (Lipinski definition) is 2. The van der Waals surface area contributed by atoms with Gasteiger partial charge in [0.05, 0.1) is 0 Å². The lowest BCUT2D eigenvalue weighted by molar-refractivity contribution is -0.136. The molecule has 1 fully saturated rings. The van der Waals surface area contributed by atoms with Crippen LogP contribution in [0.4, 0.5) is 0 Å². The fourth-order valence-corrected chi connectivity index (χ4v) is 2.59. The topological polar surface area (TPSA) is 66.6 Å². The molecule has 1 aliphatic carbocycles. The molecule has 1 aliphatic rings. The van der Waals surface area contributed by atoms with Crippen molar-refractivity contribution in [1.29, 1.82) is 0 Å². The smallest absolute Gasteiger partial charge is 0.225 e. The zero-order chi connectivity index (χ0) is 12.7. The molecule has 0 aromatic carbocycles. The molecule has 4 heteroatoms. The maximum Gasteiger partial charge on any atom is 0.225 e. The fourth-order valence-electron chi connectivity index (χ4n) is 2.59. The Hall–Kier alpha value is -0.610. The van der Waals surface area contributed by atoms with Gasteiger partial charge in [-0.25, -0.2) is 0 Å². The average molecular weight is 242 g/mol. The van der Waals surface area contributed by atoms with E-state index >= 15 is 0 Å². The number of nitrogens with two attached hydrogens (primary N) is 1. The molecule has 0 aromatic heterocycles. The van der Waals surface area contributed by atoms with Crippen molar-refractivity contribution in [3.05, 3.63) is 0 Å². The van der Waals surface area contributed by atoms with Gasteiger partial charge in [0, 0.05) is 25.6 Å². The number of nitrogens with zero attached hydrogens (tertiary/aromatic N) is 1. The van der Waals surface area contributed by atoms with Crippen LogP contribution in [0.15, 0.2) is 0 Å². The summed E-state index contributed by atoms with van der Waals surface area (Å²) in [4.78, 5) is 14.1. The van der Waals surface area contributed by atoms with Gasteiger partial charge in [0.1, 0.15) is 0 Å². The summed E-state index contributed by atoms with van der Waals surface area (Å²) in [5.74, 6) is 1.08. The summed E-state index contributed by atoms with van der Waals surface area (Å²) in [7, 11) is 0. The second kappa shape index (κ2) is 7.67. The Balaban J connectivity index is 2.40. The van der Waals surface area contributed by atoms with Crippen molar-refractivity contribution in [3.8, 4) is 0 Å². The molecule has 3 N–H and O–H groups in total. The van der Waals surface area contributed by atoms with Crippen molar-refractivity contribution in [2.45, 2.75) is 39.0 Å². The first kappa shape index (κ1) is 14.5. The molecular weight excluding hydrogens is 216 g/mol. The first-order valence-corrected chi connectivity index (χ1v) is 6.82. The summed E-state index contributed by atoms with van der Waals surface area (Å²) in [6.45, 7) is 4.34. The van der Waals surface area contributed by atoms with Crippen LogP contribution in [0.1, 0.15) is 39.0 Å². The first-order chi connectivity index (χ1) is 8.22. The molecule has 0 spiro atoms. The number of hydrogen-bond acceptors (Lipinski definition) is 3. The monoisotopic (exact) mass is 242 g/mol. The van der Waals surface area contributed by atoms with E-state index < -0.39 is 0 Å². The second-order valence-electron chi connectivity index (χ2n) is 4.95. The van der Waals surface area contributed by atoms with Gasteiger partial charge in [-0.3, -0.25) is 4.79 Å². The molecule has 100 valence electrons. The molecule has 0 heterocycles. The Labute approximate surface area is 104 Å². The molecule has 17 heavy (non-hydrogen) atoms. The minimum atomic E-state index is 0.156. The predicted molar refractivity (Wildman–Crippen MR) is 68.5 cm³/mol. The highest BCUT2D eigenvalue weighted by Gasteiger charge is 2.28. The normalized spacial score (nSPS) is 24.6. The number of amides is 1. The Bertz CT molecular complexity index is 225. The predicted octanol–water partition coefficient (Wildman–Crippen LogP) is 0.982. The van der Waals surface area contributed by atoms with Gasteiger partial charge in [-0.05, 0) is 51.5 Å². The molecule has 1 amide bonds.